The van der Waals surface area contributed by atoms with Crippen molar-refractivity contribution in [2.24, 2.45) is 0 Å². The third-order valence-electron chi connectivity index (χ3n) is 12.7. The van der Waals surface area contributed by atoms with E-state index in [-0.39, 0.29) is 11.2 Å². The molecule has 2 aromatic heterocycles. The zero-order valence-corrected chi connectivity index (χ0v) is 31.5. The first kappa shape index (κ1) is 32.6. The smallest absolute Gasteiger partial charge is 0.145 e. The molecule has 0 saturated heterocycles. The van der Waals surface area contributed by atoms with E-state index in [4.69, 9.17) is 4.42 Å². The van der Waals surface area contributed by atoms with Gasteiger partial charge in [-0.25, -0.2) is 4.39 Å². The highest BCUT2D eigenvalue weighted by molar-refractivity contribution is 6.19. The minimum atomic E-state index is -0.267. The van der Waals surface area contributed by atoms with Gasteiger partial charge in [0.1, 0.15) is 17.0 Å². The molecule has 0 atom stereocenters. The second-order valence-corrected chi connectivity index (χ2v) is 16.2. The van der Waals surface area contributed by atoms with Gasteiger partial charge < -0.3 is 13.9 Å². The first-order valence-corrected chi connectivity index (χ1v) is 20.0. The van der Waals surface area contributed by atoms with Crippen LogP contribution in [0.1, 0.15) is 80.3 Å². The van der Waals surface area contributed by atoms with Gasteiger partial charge in [0.2, 0.25) is 0 Å². The molecule has 5 aromatic carbocycles. The summed E-state index contributed by atoms with van der Waals surface area (Å²) < 4.78 is 26.1. The number of nitrogens with zero attached hydrogens (tertiary/aromatic N) is 2. The first-order valence-electron chi connectivity index (χ1n) is 20.0. The fourth-order valence-electron chi connectivity index (χ4n) is 10.1. The Balaban J connectivity index is 1.21. The maximum Gasteiger partial charge on any atom is 0.145 e. The van der Waals surface area contributed by atoms with Crippen molar-refractivity contribution in [2.75, 3.05) is 4.90 Å². The number of allylic oxidation sites excluding steroid dienone is 8. The molecule has 0 amide bonds. The van der Waals surface area contributed by atoms with Gasteiger partial charge in [-0.3, -0.25) is 0 Å². The van der Waals surface area contributed by atoms with Gasteiger partial charge in [0.15, 0.2) is 0 Å². The molecular weight excluding hydrogens is 676 g/mol. The summed E-state index contributed by atoms with van der Waals surface area (Å²) >= 11 is 0. The molecule has 0 unspecified atom stereocenters. The summed E-state index contributed by atoms with van der Waals surface area (Å²) in [5, 5.41) is 3.39. The Bertz CT molecular complexity index is 2870. The second kappa shape index (κ2) is 12.3. The third-order valence-corrected chi connectivity index (χ3v) is 12.7. The molecule has 0 fully saturated rings. The van der Waals surface area contributed by atoms with Gasteiger partial charge >= 0.3 is 0 Å². The number of hydrogen-bond acceptors (Lipinski definition) is 2. The topological polar surface area (TPSA) is 21.3 Å². The summed E-state index contributed by atoms with van der Waals surface area (Å²) in [4.78, 5) is 2.30. The van der Waals surface area contributed by atoms with Gasteiger partial charge in [-0.2, -0.15) is 0 Å². The summed E-state index contributed by atoms with van der Waals surface area (Å²) in [5.41, 5.74) is 16.3. The molecule has 0 N–H and O–H groups in total. The highest BCUT2D eigenvalue weighted by Gasteiger charge is 2.39. The Morgan fingerprint density at radius 2 is 1.58 bits per heavy atom. The molecule has 0 saturated carbocycles. The van der Waals surface area contributed by atoms with Crippen LogP contribution in [0, 0.1) is 5.82 Å². The van der Waals surface area contributed by atoms with Crippen LogP contribution in [0.3, 0.4) is 0 Å². The van der Waals surface area contributed by atoms with Crippen LogP contribution in [0.4, 0.5) is 21.5 Å². The quantitative estimate of drug-likeness (QED) is 0.177. The fraction of sp³-hybridized carbons (Fsp3) is 0.216. The molecule has 4 aliphatic rings. The van der Waals surface area contributed by atoms with Crippen LogP contribution in [-0.2, 0) is 18.3 Å². The van der Waals surface area contributed by atoms with Crippen molar-refractivity contribution in [1.29, 1.82) is 0 Å². The fourth-order valence-corrected chi connectivity index (χ4v) is 10.1. The Kier molecular flexibility index (Phi) is 7.30. The second-order valence-electron chi connectivity index (χ2n) is 16.2. The van der Waals surface area contributed by atoms with E-state index in [0.29, 0.717) is 5.56 Å². The van der Waals surface area contributed by atoms with Crippen molar-refractivity contribution in [1.82, 2.24) is 4.57 Å². The summed E-state index contributed by atoms with van der Waals surface area (Å²) in [6, 6.07) is 32.3. The van der Waals surface area contributed by atoms with Crippen LogP contribution in [0.2, 0.25) is 0 Å². The third kappa shape index (κ3) is 4.86. The summed E-state index contributed by atoms with van der Waals surface area (Å²) in [6.45, 7) is 4.63. The van der Waals surface area contributed by atoms with E-state index in [0.717, 1.165) is 88.7 Å². The molecule has 4 aliphatic carbocycles. The summed E-state index contributed by atoms with van der Waals surface area (Å²) in [7, 11) is 0. The zero-order valence-electron chi connectivity index (χ0n) is 31.5. The average molecular weight is 719 g/mol. The summed E-state index contributed by atoms with van der Waals surface area (Å²) in [6.07, 6.45) is 21.7. The van der Waals surface area contributed by atoms with E-state index in [1.165, 1.54) is 57.4 Å². The van der Waals surface area contributed by atoms with Crippen LogP contribution in [0.5, 0.6) is 0 Å². The molecule has 55 heavy (non-hydrogen) atoms. The Hall–Kier alpha value is -5.87. The van der Waals surface area contributed by atoms with Crippen LogP contribution >= 0.6 is 0 Å². The van der Waals surface area contributed by atoms with E-state index >= 15 is 4.39 Å². The maximum absolute atomic E-state index is 16.6. The number of halogens is 1. The maximum atomic E-state index is 16.6. The predicted octanol–water partition coefficient (Wildman–Crippen LogP) is 14.3. The number of fused-ring (bicyclic) bond motifs is 10. The molecule has 7 aromatic rings. The van der Waals surface area contributed by atoms with E-state index in [1.807, 2.05) is 18.2 Å². The van der Waals surface area contributed by atoms with Gasteiger partial charge in [0.25, 0.3) is 0 Å². The molecular formula is C51H43FN2O. The van der Waals surface area contributed by atoms with Crippen molar-refractivity contribution >= 4 is 61.2 Å². The number of anilines is 3. The lowest BCUT2D eigenvalue weighted by Gasteiger charge is -2.29. The van der Waals surface area contributed by atoms with E-state index in [1.54, 1.807) is 6.07 Å². The lowest BCUT2D eigenvalue weighted by molar-refractivity contribution is 0.623. The van der Waals surface area contributed by atoms with Crippen molar-refractivity contribution in [3.05, 3.63) is 161 Å². The lowest BCUT2D eigenvalue weighted by Crippen LogP contribution is -2.17. The van der Waals surface area contributed by atoms with Gasteiger partial charge in [-0.15, -0.1) is 0 Å². The lowest BCUT2D eigenvalue weighted by atomic mass is 9.82. The number of furan rings is 1. The molecule has 0 aliphatic heterocycles. The Morgan fingerprint density at radius 3 is 2.44 bits per heavy atom. The average Bonchev–Trinajstić information content (AvgIpc) is 3.85. The van der Waals surface area contributed by atoms with Crippen molar-refractivity contribution in [3.8, 4) is 11.1 Å². The molecule has 11 rings (SSSR count). The minimum Gasteiger partial charge on any atom is -0.455 e. The van der Waals surface area contributed by atoms with Gasteiger partial charge in [-0.05, 0) is 134 Å². The van der Waals surface area contributed by atoms with Gasteiger partial charge in [0.05, 0.1) is 16.6 Å². The van der Waals surface area contributed by atoms with Crippen molar-refractivity contribution < 1.29 is 8.81 Å². The van der Waals surface area contributed by atoms with Crippen molar-refractivity contribution in [2.45, 2.75) is 70.6 Å². The zero-order chi connectivity index (χ0) is 36.8. The molecule has 3 nitrogen and oxygen atoms in total. The number of benzene rings is 5. The SMILES string of the molecule is CC1(C)c2ccccc2-c2c1cc(N(c1ccc(C3=CC=CCC3)c(F)c1)c1ccc3c(c1)c1c(n3C3=CCCC=C3)CCCC1)c1c2oc2ccccc21. The normalized spacial score (nSPS) is 17.0. The van der Waals surface area contributed by atoms with Crippen molar-refractivity contribution in [3.63, 3.8) is 0 Å². The van der Waals surface area contributed by atoms with Crippen LogP contribution in [0.25, 0.3) is 55.2 Å². The van der Waals surface area contributed by atoms with Gasteiger partial charge in [0, 0.05) is 50.1 Å². The molecule has 4 heteroatoms. The molecule has 2 heterocycles. The minimum absolute atomic E-state index is 0.202. The Labute approximate surface area is 321 Å². The number of aryl methyl sites for hydroxylation is 1. The number of aromatic nitrogens is 1. The van der Waals surface area contributed by atoms with Crippen LogP contribution in [0.15, 0.2) is 132 Å². The van der Waals surface area contributed by atoms with Gasteiger partial charge in [-0.1, -0.05) is 86.7 Å². The van der Waals surface area contributed by atoms with E-state index in [9.17, 15) is 0 Å². The van der Waals surface area contributed by atoms with Crippen LogP contribution in [-0.4, -0.2) is 4.57 Å². The number of para-hydroxylation sites is 1. The number of rotatable bonds is 5. The largest absolute Gasteiger partial charge is 0.455 e. The molecule has 0 bridgehead atoms. The highest BCUT2D eigenvalue weighted by Crippen LogP contribution is 2.56. The summed E-state index contributed by atoms with van der Waals surface area (Å²) in [5.74, 6) is -0.202. The van der Waals surface area contributed by atoms with Crippen LogP contribution < -0.4 is 4.90 Å². The molecule has 270 valence electrons. The monoisotopic (exact) mass is 718 g/mol. The predicted molar refractivity (Wildman–Crippen MR) is 227 cm³/mol. The first-order chi connectivity index (χ1) is 27.0. The van der Waals surface area contributed by atoms with E-state index in [2.05, 4.69) is 126 Å². The Morgan fingerprint density at radius 1 is 0.745 bits per heavy atom. The van der Waals surface area contributed by atoms with E-state index < -0.39 is 0 Å². The number of hydrogen-bond donors (Lipinski definition) is 0. The molecule has 0 spiro atoms. The highest BCUT2D eigenvalue weighted by atomic mass is 19.1. The molecule has 0 radical (unpaired) electrons. The standard InChI is InChI=1S/C51H43FN2O/c1-51(2)41-22-12-9-20-38(41)48-42(51)31-46(49-39-21-11-14-24-47(39)55-50(48)49)53(35-25-27-36(43(52)30-35)32-15-5-3-6-16-32)34-26-28-45-40(29-34)37-19-10-13-23-44(37)54(45)33-17-7-4-8-18-33/h3,5,7,9,11-12,14-15,17-18,20-22,24-31H,4,6,8,10,13,16,19,23H2,1-2H3.